The van der Waals surface area contributed by atoms with E-state index < -0.39 is 14.8 Å². The highest BCUT2D eigenvalue weighted by Gasteiger charge is 2.57. The molecule has 1 atom stereocenters. The molecular formula is C9H4Cl4O2. The summed E-state index contributed by atoms with van der Waals surface area (Å²) in [6, 6.07) is 6.53. The van der Waals surface area contributed by atoms with Crippen LogP contribution in [0.4, 0.5) is 0 Å². The Morgan fingerprint density at radius 1 is 1.20 bits per heavy atom. The Kier molecular flexibility index (Phi) is 2.59. The number of hydrogen-bond acceptors (Lipinski definition) is 2. The van der Waals surface area contributed by atoms with E-state index in [1.807, 2.05) is 0 Å². The number of ether oxygens (including phenoxy) is 1. The highest BCUT2D eigenvalue weighted by molar-refractivity contribution is 6.70. The largest absolute Gasteiger partial charge is 0.430 e. The van der Waals surface area contributed by atoms with E-state index in [2.05, 4.69) is 0 Å². The van der Waals surface area contributed by atoms with Gasteiger partial charge in [0, 0.05) is 5.56 Å². The number of alkyl halides is 4. The van der Waals surface area contributed by atoms with E-state index >= 15 is 0 Å². The Labute approximate surface area is 106 Å². The fourth-order valence-electron chi connectivity index (χ4n) is 1.39. The first kappa shape index (κ1) is 11.3. The van der Waals surface area contributed by atoms with Crippen molar-refractivity contribution in [2.45, 2.75) is 8.85 Å². The Morgan fingerprint density at radius 3 is 2.40 bits per heavy atom. The van der Waals surface area contributed by atoms with Gasteiger partial charge in [0.05, 0.1) is 5.56 Å². The minimum Gasteiger partial charge on any atom is -0.430 e. The molecule has 0 aliphatic carbocycles. The van der Waals surface area contributed by atoms with Crippen molar-refractivity contribution in [3.63, 3.8) is 0 Å². The van der Waals surface area contributed by atoms with Crippen LogP contribution in [0.25, 0.3) is 0 Å². The van der Waals surface area contributed by atoms with Crippen molar-refractivity contribution in [1.29, 1.82) is 0 Å². The maximum absolute atomic E-state index is 11.4. The Hall–Kier alpha value is -0.150. The van der Waals surface area contributed by atoms with Crippen LogP contribution >= 0.6 is 46.4 Å². The molecule has 0 amide bonds. The van der Waals surface area contributed by atoms with Crippen molar-refractivity contribution in [1.82, 2.24) is 0 Å². The summed E-state index contributed by atoms with van der Waals surface area (Å²) in [4.78, 5) is 11.4. The van der Waals surface area contributed by atoms with E-state index in [0.29, 0.717) is 11.1 Å². The molecule has 0 saturated carbocycles. The number of fused-ring (bicyclic) bond motifs is 1. The van der Waals surface area contributed by atoms with Gasteiger partial charge in [-0.25, -0.2) is 4.79 Å². The molecule has 0 saturated heterocycles. The number of cyclic esters (lactones) is 1. The molecule has 1 aromatic carbocycles. The van der Waals surface area contributed by atoms with Gasteiger partial charge in [-0.1, -0.05) is 64.6 Å². The molecule has 1 aliphatic rings. The highest BCUT2D eigenvalue weighted by Crippen LogP contribution is 2.54. The standard InChI is InChI=1S/C9H4Cl4O2/c10-8(9(11,12)13)6-4-2-1-3-5(6)7(14)15-8/h1-4H/t8-/m1/s1. The molecule has 2 nitrogen and oxygen atoms in total. The van der Waals surface area contributed by atoms with Crippen molar-refractivity contribution >= 4 is 52.4 Å². The van der Waals surface area contributed by atoms with Crippen LogP contribution in [0.3, 0.4) is 0 Å². The van der Waals surface area contributed by atoms with Crippen molar-refractivity contribution < 1.29 is 9.53 Å². The maximum atomic E-state index is 11.4. The Bertz CT molecular complexity index is 426. The summed E-state index contributed by atoms with van der Waals surface area (Å²) in [6.07, 6.45) is 0. The van der Waals surface area contributed by atoms with Crippen LogP contribution in [0.2, 0.25) is 0 Å². The van der Waals surface area contributed by atoms with Gasteiger partial charge in [-0.3, -0.25) is 0 Å². The monoisotopic (exact) mass is 284 g/mol. The summed E-state index contributed by atoms with van der Waals surface area (Å²) < 4.78 is 2.99. The quantitative estimate of drug-likeness (QED) is 0.538. The minimum atomic E-state index is -1.92. The van der Waals surface area contributed by atoms with E-state index in [4.69, 9.17) is 51.1 Å². The lowest BCUT2D eigenvalue weighted by molar-refractivity contribution is 0.0274. The summed E-state index contributed by atoms with van der Waals surface area (Å²) in [6.45, 7) is 0. The number of rotatable bonds is 0. The molecule has 1 aliphatic heterocycles. The summed E-state index contributed by atoms with van der Waals surface area (Å²) >= 11 is 23.1. The third kappa shape index (κ3) is 1.60. The second kappa shape index (κ2) is 3.42. The van der Waals surface area contributed by atoms with E-state index in [-0.39, 0.29) is 0 Å². The van der Waals surface area contributed by atoms with Gasteiger partial charge in [-0.15, -0.1) is 0 Å². The van der Waals surface area contributed by atoms with Gasteiger partial charge in [0.15, 0.2) is 0 Å². The van der Waals surface area contributed by atoms with Crippen LogP contribution in [-0.4, -0.2) is 9.76 Å². The van der Waals surface area contributed by atoms with Crippen molar-refractivity contribution in [2.24, 2.45) is 0 Å². The zero-order valence-electron chi connectivity index (χ0n) is 7.14. The van der Waals surface area contributed by atoms with Crippen LogP contribution in [0.15, 0.2) is 24.3 Å². The molecular weight excluding hydrogens is 282 g/mol. The van der Waals surface area contributed by atoms with Gasteiger partial charge in [0.1, 0.15) is 0 Å². The normalized spacial score (nSPS) is 24.9. The minimum absolute atomic E-state index is 0.318. The molecule has 1 aromatic rings. The predicted octanol–water partition coefficient (Wildman–Crippen LogP) is 3.62. The van der Waals surface area contributed by atoms with Crippen LogP contribution in [0.1, 0.15) is 15.9 Å². The smallest absolute Gasteiger partial charge is 0.340 e. The van der Waals surface area contributed by atoms with E-state index in [1.165, 1.54) is 0 Å². The predicted molar refractivity (Wildman–Crippen MR) is 59.7 cm³/mol. The van der Waals surface area contributed by atoms with Gasteiger partial charge in [-0.05, 0) is 6.07 Å². The van der Waals surface area contributed by atoms with Crippen LogP contribution in [0, 0.1) is 0 Å². The lowest BCUT2D eigenvalue weighted by Gasteiger charge is -2.28. The van der Waals surface area contributed by atoms with Crippen LogP contribution in [0.5, 0.6) is 0 Å². The second-order valence-electron chi connectivity index (χ2n) is 3.03. The first-order valence-electron chi connectivity index (χ1n) is 3.95. The van der Waals surface area contributed by atoms with Crippen molar-refractivity contribution in [3.8, 4) is 0 Å². The Morgan fingerprint density at radius 2 is 1.80 bits per heavy atom. The molecule has 80 valence electrons. The van der Waals surface area contributed by atoms with Gasteiger partial charge in [-0.2, -0.15) is 0 Å². The van der Waals surface area contributed by atoms with Gasteiger partial charge >= 0.3 is 5.97 Å². The summed E-state index contributed by atoms with van der Waals surface area (Å²) in [5, 5.41) is -1.74. The summed E-state index contributed by atoms with van der Waals surface area (Å²) in [5.41, 5.74) is 0.690. The zero-order chi connectivity index (χ0) is 11.3. The molecule has 0 aromatic heterocycles. The number of hydrogen-bond donors (Lipinski definition) is 0. The highest BCUT2D eigenvalue weighted by atomic mass is 35.6. The second-order valence-corrected chi connectivity index (χ2v) is 5.84. The molecule has 0 bridgehead atoms. The zero-order valence-corrected chi connectivity index (χ0v) is 10.2. The van der Waals surface area contributed by atoms with Crippen molar-refractivity contribution in [3.05, 3.63) is 35.4 Å². The third-order valence-electron chi connectivity index (χ3n) is 2.09. The molecule has 0 radical (unpaired) electrons. The molecule has 0 spiro atoms. The van der Waals surface area contributed by atoms with Gasteiger partial charge in [0.2, 0.25) is 3.79 Å². The average molecular weight is 286 g/mol. The maximum Gasteiger partial charge on any atom is 0.340 e. The van der Waals surface area contributed by atoms with Crippen molar-refractivity contribution in [2.75, 3.05) is 0 Å². The third-order valence-corrected chi connectivity index (χ3v) is 3.74. The molecule has 6 heteroatoms. The molecule has 0 unspecified atom stereocenters. The average Bonchev–Trinajstić information content (AvgIpc) is 2.41. The first-order chi connectivity index (χ1) is 6.86. The van der Waals surface area contributed by atoms with E-state index in [1.54, 1.807) is 24.3 Å². The van der Waals surface area contributed by atoms with Gasteiger partial charge < -0.3 is 4.74 Å². The first-order valence-corrected chi connectivity index (χ1v) is 5.46. The lowest BCUT2D eigenvalue weighted by atomic mass is 10.1. The summed E-state index contributed by atoms with van der Waals surface area (Å²) in [7, 11) is 0. The molecule has 0 fully saturated rings. The van der Waals surface area contributed by atoms with E-state index in [0.717, 1.165) is 0 Å². The fraction of sp³-hybridized carbons (Fsp3) is 0.222. The number of benzene rings is 1. The van der Waals surface area contributed by atoms with E-state index in [9.17, 15) is 4.79 Å². The fourth-order valence-corrected chi connectivity index (χ4v) is 2.05. The molecule has 2 rings (SSSR count). The molecule has 0 N–H and O–H groups in total. The SMILES string of the molecule is O=C1O[C@@](Cl)(C(Cl)(Cl)Cl)c2ccccc21. The van der Waals surface area contributed by atoms with Crippen LogP contribution in [-0.2, 0) is 9.80 Å². The molecule has 1 heterocycles. The summed E-state index contributed by atoms with van der Waals surface area (Å²) in [5.74, 6) is -0.591. The molecule has 15 heavy (non-hydrogen) atoms. The van der Waals surface area contributed by atoms with Crippen LogP contribution < -0.4 is 0 Å². The topological polar surface area (TPSA) is 26.3 Å². The number of carbonyl (C=O) groups is 1. The van der Waals surface area contributed by atoms with Gasteiger partial charge in [0.25, 0.3) is 5.06 Å². The number of esters is 1. The lowest BCUT2D eigenvalue weighted by Crippen LogP contribution is -2.34. The Balaban J connectivity index is 2.63. The number of halogens is 4. The number of carbonyl (C=O) groups excluding carboxylic acids is 1.